The molecule has 2 aliphatic rings. The van der Waals surface area contributed by atoms with Gasteiger partial charge >= 0.3 is 0 Å². The van der Waals surface area contributed by atoms with Gasteiger partial charge in [-0.2, -0.15) is 0 Å². The van der Waals surface area contributed by atoms with Crippen molar-refractivity contribution in [1.29, 1.82) is 0 Å². The van der Waals surface area contributed by atoms with Crippen LogP contribution in [0.25, 0.3) is 0 Å². The molecule has 0 bridgehead atoms. The first kappa shape index (κ1) is 24.7. The maximum absolute atomic E-state index is 14.2. The van der Waals surface area contributed by atoms with Crippen LogP contribution in [-0.2, 0) is 13.1 Å². The quantitative estimate of drug-likeness (QED) is 0.580. The van der Waals surface area contributed by atoms with E-state index in [0.29, 0.717) is 23.7 Å². The van der Waals surface area contributed by atoms with Gasteiger partial charge in [-0.1, -0.05) is 36.2 Å². The first-order valence-electron chi connectivity index (χ1n) is 11.9. The molecule has 1 aromatic carbocycles. The molecule has 4 rings (SSSR count). The minimum Gasteiger partial charge on any atom is -0.353 e. The van der Waals surface area contributed by atoms with E-state index in [0.717, 1.165) is 80.5 Å². The molecule has 8 heteroatoms. The number of hydrogen-bond acceptors (Lipinski definition) is 5. The zero-order valence-electron chi connectivity index (χ0n) is 19.5. The lowest BCUT2D eigenvalue weighted by atomic mass is 9.97. The Labute approximate surface area is 208 Å². The zero-order chi connectivity index (χ0) is 23.4. The number of benzene rings is 1. The second kappa shape index (κ2) is 11.3. The Morgan fingerprint density at radius 1 is 1.15 bits per heavy atom. The van der Waals surface area contributed by atoms with Crippen molar-refractivity contribution in [2.75, 3.05) is 44.7 Å². The highest BCUT2D eigenvalue weighted by Gasteiger charge is 2.34. The molecule has 0 unspecified atom stereocenters. The van der Waals surface area contributed by atoms with E-state index in [4.69, 9.17) is 23.2 Å². The highest BCUT2D eigenvalue weighted by atomic mass is 35.5. The lowest BCUT2D eigenvalue weighted by Crippen LogP contribution is -2.58. The Bertz CT molecular complexity index is 942. The Morgan fingerprint density at radius 2 is 1.94 bits per heavy atom. The van der Waals surface area contributed by atoms with Crippen molar-refractivity contribution in [3.8, 4) is 0 Å². The Balaban J connectivity index is 0.00000324. The monoisotopic (exact) mass is 495 g/mol. The number of aromatic nitrogens is 1. The molecule has 0 aliphatic carbocycles. The normalized spacial score (nSPS) is 21.0. The standard InChI is InChI=1S/C25H34Cl2FN5.H2/c1-3-21-17-32(25-23(27)12-18(14-29-2)15-30-25)10-11-33(21)22-6-8-31(9-7-22)16-19-4-5-20(26)13-24(19)28;/h4-5,12-13,15,21-22,29H,3,6-11,14,16-17H2,1-2H3;1H/t21-;/m0./s1. The number of rotatable bonds is 7. The molecule has 2 fully saturated rings. The number of nitrogens with zero attached hydrogens (tertiary/aromatic N) is 4. The third-order valence-corrected chi connectivity index (χ3v) is 7.51. The summed E-state index contributed by atoms with van der Waals surface area (Å²) in [7, 11) is 1.92. The van der Waals surface area contributed by atoms with Gasteiger partial charge in [0.25, 0.3) is 0 Å². The molecule has 0 radical (unpaired) electrons. The van der Waals surface area contributed by atoms with Crippen LogP contribution in [0.1, 0.15) is 38.7 Å². The molecule has 182 valence electrons. The molecule has 5 nitrogen and oxygen atoms in total. The molecule has 0 spiro atoms. The number of anilines is 1. The molecule has 2 aliphatic heterocycles. The summed E-state index contributed by atoms with van der Waals surface area (Å²) in [5.41, 5.74) is 1.82. The molecule has 1 N–H and O–H groups in total. The van der Waals surface area contributed by atoms with Gasteiger partial charge in [0.1, 0.15) is 11.6 Å². The highest BCUT2D eigenvalue weighted by molar-refractivity contribution is 6.33. The van der Waals surface area contributed by atoms with Gasteiger partial charge < -0.3 is 10.2 Å². The SMILES string of the molecule is CC[C@H]1CN(c2ncc(CNC)cc2Cl)CCN1C1CCN(Cc2ccc(Cl)cc2F)CC1.[HH]. The van der Waals surface area contributed by atoms with E-state index < -0.39 is 0 Å². The van der Waals surface area contributed by atoms with E-state index in [1.54, 1.807) is 12.1 Å². The molecule has 2 saturated heterocycles. The van der Waals surface area contributed by atoms with Crippen molar-refractivity contribution < 1.29 is 5.82 Å². The van der Waals surface area contributed by atoms with Crippen LogP contribution in [0, 0.1) is 5.82 Å². The van der Waals surface area contributed by atoms with Crippen LogP contribution in [0.15, 0.2) is 30.5 Å². The molecule has 2 aromatic rings. The highest BCUT2D eigenvalue weighted by Crippen LogP contribution is 2.30. The van der Waals surface area contributed by atoms with Gasteiger partial charge in [0, 0.05) is 63.0 Å². The average molecular weight is 497 g/mol. The molecule has 1 aromatic heterocycles. The van der Waals surface area contributed by atoms with Crippen LogP contribution in [0.3, 0.4) is 0 Å². The predicted molar refractivity (Wildman–Crippen MR) is 137 cm³/mol. The topological polar surface area (TPSA) is 34.6 Å². The fourth-order valence-electron chi connectivity index (χ4n) is 5.21. The van der Waals surface area contributed by atoms with Crippen LogP contribution in [0.5, 0.6) is 0 Å². The van der Waals surface area contributed by atoms with Crippen molar-refractivity contribution in [3.63, 3.8) is 0 Å². The minimum atomic E-state index is -0.210. The smallest absolute Gasteiger partial charge is 0.147 e. The van der Waals surface area contributed by atoms with Crippen molar-refractivity contribution in [1.82, 2.24) is 20.1 Å². The van der Waals surface area contributed by atoms with Crippen molar-refractivity contribution >= 4 is 29.0 Å². The van der Waals surface area contributed by atoms with E-state index in [9.17, 15) is 4.39 Å². The van der Waals surface area contributed by atoms with E-state index in [1.807, 2.05) is 19.3 Å². The summed E-state index contributed by atoms with van der Waals surface area (Å²) < 4.78 is 14.2. The third kappa shape index (κ3) is 5.98. The Hall–Kier alpha value is -1.44. The van der Waals surface area contributed by atoms with Gasteiger partial charge in [-0.3, -0.25) is 9.80 Å². The predicted octanol–water partition coefficient (Wildman–Crippen LogP) is 5.06. The van der Waals surface area contributed by atoms with Crippen LogP contribution in [-0.4, -0.2) is 66.6 Å². The molecular formula is C25H36Cl2FN5. The molecule has 1 atom stereocenters. The van der Waals surface area contributed by atoms with Crippen LogP contribution in [0.4, 0.5) is 10.2 Å². The number of pyridine rings is 1. The second-order valence-corrected chi connectivity index (χ2v) is 10.0. The van der Waals surface area contributed by atoms with E-state index >= 15 is 0 Å². The number of likely N-dealkylation sites (tertiary alicyclic amines) is 1. The first-order valence-corrected chi connectivity index (χ1v) is 12.7. The number of nitrogens with one attached hydrogen (secondary N) is 1. The summed E-state index contributed by atoms with van der Waals surface area (Å²) in [5.74, 6) is 0.687. The zero-order valence-corrected chi connectivity index (χ0v) is 21.0. The van der Waals surface area contributed by atoms with Gasteiger partial charge in [-0.15, -0.1) is 0 Å². The number of hydrogen-bond donors (Lipinski definition) is 1. The van der Waals surface area contributed by atoms with E-state index in [2.05, 4.69) is 31.9 Å². The maximum Gasteiger partial charge on any atom is 0.147 e. The Kier molecular flexibility index (Phi) is 8.47. The summed E-state index contributed by atoms with van der Waals surface area (Å²) in [6, 6.07) is 8.06. The Morgan fingerprint density at radius 3 is 2.61 bits per heavy atom. The summed E-state index contributed by atoms with van der Waals surface area (Å²) in [6.45, 7) is 8.56. The summed E-state index contributed by atoms with van der Waals surface area (Å²) >= 11 is 12.5. The third-order valence-electron chi connectivity index (χ3n) is 6.99. The summed E-state index contributed by atoms with van der Waals surface area (Å²) in [4.78, 5) is 12.1. The molecule has 33 heavy (non-hydrogen) atoms. The minimum absolute atomic E-state index is 0. The maximum atomic E-state index is 14.2. The number of piperazine rings is 1. The lowest BCUT2D eigenvalue weighted by molar-refractivity contribution is 0.0607. The van der Waals surface area contributed by atoms with Crippen LogP contribution in [0.2, 0.25) is 10.0 Å². The van der Waals surface area contributed by atoms with Crippen molar-refractivity contribution in [3.05, 3.63) is 57.5 Å². The van der Waals surface area contributed by atoms with Crippen LogP contribution >= 0.6 is 23.2 Å². The van der Waals surface area contributed by atoms with Gasteiger partial charge in [-0.05, 0) is 63.2 Å². The van der Waals surface area contributed by atoms with Crippen molar-refractivity contribution in [2.24, 2.45) is 0 Å². The van der Waals surface area contributed by atoms with E-state index in [-0.39, 0.29) is 7.24 Å². The number of halogens is 3. The van der Waals surface area contributed by atoms with Gasteiger partial charge in [0.05, 0.1) is 5.02 Å². The van der Waals surface area contributed by atoms with E-state index in [1.165, 1.54) is 6.07 Å². The van der Waals surface area contributed by atoms with Gasteiger partial charge in [0.2, 0.25) is 0 Å². The molecular weight excluding hydrogens is 460 g/mol. The number of piperidine rings is 1. The average Bonchev–Trinajstić information content (AvgIpc) is 2.81. The van der Waals surface area contributed by atoms with Crippen molar-refractivity contribution in [2.45, 2.75) is 51.4 Å². The van der Waals surface area contributed by atoms with Gasteiger partial charge in [0.15, 0.2) is 0 Å². The molecule has 3 heterocycles. The van der Waals surface area contributed by atoms with Gasteiger partial charge in [-0.25, -0.2) is 9.37 Å². The second-order valence-electron chi connectivity index (χ2n) is 9.17. The molecule has 0 amide bonds. The van der Waals surface area contributed by atoms with Crippen LogP contribution < -0.4 is 10.2 Å². The molecule has 0 saturated carbocycles. The summed E-state index contributed by atoms with van der Waals surface area (Å²) in [6.07, 6.45) is 5.25. The fourth-order valence-corrected chi connectivity index (χ4v) is 5.68. The lowest BCUT2D eigenvalue weighted by Gasteiger charge is -2.47. The fraction of sp³-hybridized carbons (Fsp3) is 0.560. The first-order chi connectivity index (χ1) is 16.0. The largest absolute Gasteiger partial charge is 0.353 e. The summed E-state index contributed by atoms with van der Waals surface area (Å²) in [5, 5.41) is 4.32.